The lowest BCUT2D eigenvalue weighted by atomic mass is 10.1. The van der Waals surface area contributed by atoms with Crippen LogP contribution in [0.4, 0.5) is 17.5 Å². The maximum absolute atomic E-state index is 13.2. The Bertz CT molecular complexity index is 1460. The first-order chi connectivity index (χ1) is 17.7. The molecule has 0 saturated carbocycles. The summed E-state index contributed by atoms with van der Waals surface area (Å²) in [6, 6.07) is 6.15. The molecular formula is C23H18Cl3N5O5S. The van der Waals surface area contributed by atoms with Crippen molar-refractivity contribution in [2.75, 3.05) is 29.7 Å². The Morgan fingerprint density at radius 1 is 1.16 bits per heavy atom. The van der Waals surface area contributed by atoms with E-state index in [1.165, 1.54) is 31.5 Å². The first kappa shape index (κ1) is 26.6. The Hall–Kier alpha value is -3.51. The summed E-state index contributed by atoms with van der Waals surface area (Å²) in [6.45, 7) is 0.259. The molecule has 4 rings (SSSR count). The number of halogens is 3. The number of pyridine rings is 1. The summed E-state index contributed by atoms with van der Waals surface area (Å²) in [7, 11) is 3.08. The van der Waals surface area contributed by atoms with Gasteiger partial charge < -0.3 is 29.8 Å². The van der Waals surface area contributed by atoms with Crippen molar-refractivity contribution in [1.82, 2.24) is 9.97 Å². The van der Waals surface area contributed by atoms with E-state index in [2.05, 4.69) is 20.6 Å². The highest BCUT2D eigenvalue weighted by molar-refractivity contribution is 7.13. The van der Waals surface area contributed by atoms with Crippen LogP contribution in [-0.4, -0.2) is 41.0 Å². The zero-order valence-corrected chi connectivity index (χ0v) is 22.3. The Morgan fingerprint density at radius 2 is 1.95 bits per heavy atom. The van der Waals surface area contributed by atoms with Crippen LogP contribution in [0.5, 0.6) is 11.6 Å². The molecular weight excluding hydrogens is 565 g/mol. The van der Waals surface area contributed by atoms with Crippen LogP contribution < -0.4 is 20.3 Å². The van der Waals surface area contributed by atoms with E-state index < -0.39 is 11.8 Å². The normalized spacial score (nSPS) is 10.7. The molecule has 3 heterocycles. The van der Waals surface area contributed by atoms with Crippen molar-refractivity contribution < 1.29 is 23.8 Å². The maximum atomic E-state index is 13.2. The number of ether oxygens (including phenoxy) is 1. The number of aromatic nitrogens is 2. The number of amides is 2. The van der Waals surface area contributed by atoms with Crippen molar-refractivity contribution >= 4 is 75.5 Å². The van der Waals surface area contributed by atoms with Crippen LogP contribution in [0, 0.1) is 0 Å². The number of hydrogen-bond donors (Lipinski definition) is 3. The molecule has 4 aromatic rings. The number of hydrogen-bond acceptors (Lipinski definition) is 9. The molecule has 0 aliphatic heterocycles. The highest BCUT2D eigenvalue weighted by Gasteiger charge is 2.24. The summed E-state index contributed by atoms with van der Waals surface area (Å²) >= 11 is 19.7. The zero-order chi connectivity index (χ0) is 26.7. The van der Waals surface area contributed by atoms with Crippen LogP contribution in [0.1, 0.15) is 25.6 Å². The number of aromatic hydroxyl groups is 1. The number of thiophene rings is 1. The van der Waals surface area contributed by atoms with Gasteiger partial charge in [0, 0.05) is 36.4 Å². The lowest BCUT2D eigenvalue weighted by molar-refractivity contribution is 0.102. The Kier molecular flexibility index (Phi) is 8.08. The minimum atomic E-state index is -0.584. The van der Waals surface area contributed by atoms with Gasteiger partial charge in [-0.25, -0.2) is 4.98 Å². The molecule has 0 aliphatic carbocycles. The van der Waals surface area contributed by atoms with Gasteiger partial charge >= 0.3 is 6.01 Å². The van der Waals surface area contributed by atoms with Gasteiger partial charge in [-0.2, -0.15) is 4.98 Å². The van der Waals surface area contributed by atoms with E-state index in [-0.39, 0.29) is 56.2 Å². The predicted molar refractivity (Wildman–Crippen MR) is 143 cm³/mol. The molecule has 0 bridgehead atoms. The van der Waals surface area contributed by atoms with Gasteiger partial charge in [0.1, 0.15) is 16.4 Å². The summed E-state index contributed by atoms with van der Waals surface area (Å²) in [5.74, 6) is -0.968. The smallest absolute Gasteiger partial charge is 0.300 e. The van der Waals surface area contributed by atoms with Gasteiger partial charge in [-0.3, -0.25) is 9.59 Å². The molecule has 1 aromatic carbocycles. The number of nitrogens with one attached hydrogen (secondary N) is 2. The summed E-state index contributed by atoms with van der Waals surface area (Å²) < 4.78 is 10.5. The van der Waals surface area contributed by atoms with Crippen LogP contribution >= 0.6 is 46.1 Å². The number of carbonyl (C=O) groups is 2. The fraction of sp³-hybridized carbons (Fsp3) is 0.130. The number of oxazole rings is 1. The Morgan fingerprint density at radius 3 is 2.59 bits per heavy atom. The lowest BCUT2D eigenvalue weighted by Gasteiger charge is -2.16. The fourth-order valence-electron chi connectivity index (χ4n) is 3.25. The summed E-state index contributed by atoms with van der Waals surface area (Å²) in [6.07, 6.45) is 2.49. The van der Waals surface area contributed by atoms with Gasteiger partial charge in [-0.15, -0.1) is 11.3 Å². The van der Waals surface area contributed by atoms with Crippen LogP contribution in [0.3, 0.4) is 0 Å². The van der Waals surface area contributed by atoms with Crippen molar-refractivity contribution in [2.45, 2.75) is 6.54 Å². The summed E-state index contributed by atoms with van der Waals surface area (Å²) in [5, 5.41) is 17.3. The second-order valence-corrected chi connectivity index (χ2v) is 9.68. The lowest BCUT2D eigenvalue weighted by Crippen LogP contribution is -2.19. The quantitative estimate of drug-likeness (QED) is 0.232. The van der Waals surface area contributed by atoms with Crippen LogP contribution in [0.25, 0.3) is 0 Å². The zero-order valence-electron chi connectivity index (χ0n) is 19.2. The van der Waals surface area contributed by atoms with Crippen molar-refractivity contribution in [1.29, 1.82) is 0 Å². The molecule has 0 unspecified atom stereocenters. The monoisotopic (exact) mass is 581 g/mol. The molecule has 14 heteroatoms. The predicted octanol–water partition coefficient (Wildman–Crippen LogP) is 5.95. The average molecular weight is 583 g/mol. The van der Waals surface area contributed by atoms with Gasteiger partial charge in [0.05, 0.1) is 28.4 Å². The van der Waals surface area contributed by atoms with E-state index in [9.17, 15) is 14.7 Å². The minimum absolute atomic E-state index is 0.0470. The first-order valence-electron chi connectivity index (χ1n) is 10.4. The van der Waals surface area contributed by atoms with Gasteiger partial charge in [0.25, 0.3) is 17.7 Å². The molecule has 0 atom stereocenters. The highest BCUT2D eigenvalue weighted by atomic mass is 35.5. The van der Waals surface area contributed by atoms with E-state index in [1.54, 1.807) is 23.4 Å². The summed E-state index contributed by atoms with van der Waals surface area (Å²) in [4.78, 5) is 36.0. The third-order valence-electron chi connectivity index (χ3n) is 4.96. The molecule has 2 amide bonds. The molecule has 0 aliphatic rings. The number of carbonyl (C=O) groups excluding carboxylic acids is 2. The van der Waals surface area contributed by atoms with E-state index in [0.717, 1.165) is 17.6 Å². The average Bonchev–Trinajstić information content (AvgIpc) is 3.46. The number of rotatable bonds is 8. The van der Waals surface area contributed by atoms with E-state index in [0.29, 0.717) is 10.6 Å². The third kappa shape index (κ3) is 6.08. The van der Waals surface area contributed by atoms with Crippen molar-refractivity contribution in [3.63, 3.8) is 0 Å². The Labute approximate surface area is 229 Å². The van der Waals surface area contributed by atoms with E-state index >= 15 is 0 Å². The van der Waals surface area contributed by atoms with Gasteiger partial charge in [-0.05, 0) is 23.6 Å². The Balaban J connectivity index is 1.58. The third-order valence-corrected chi connectivity index (χ3v) is 6.97. The van der Waals surface area contributed by atoms with Crippen LogP contribution in [0.2, 0.25) is 15.1 Å². The molecule has 0 fully saturated rings. The molecule has 0 radical (unpaired) electrons. The highest BCUT2D eigenvalue weighted by Crippen LogP contribution is 2.36. The van der Waals surface area contributed by atoms with Crippen molar-refractivity contribution in [2.24, 2.45) is 0 Å². The SMILES string of the molecule is COc1cc(Cl)cc(C(=O)Nc2ccc(Cl)cn2)c1NC(=O)c1scc(CN(C)c2nc(O)co2)c1Cl. The van der Waals surface area contributed by atoms with E-state index in [1.807, 2.05) is 0 Å². The second-order valence-electron chi connectivity index (χ2n) is 7.55. The number of methoxy groups -OCH3 is 1. The molecule has 3 N–H and O–H groups in total. The minimum Gasteiger partial charge on any atom is -0.494 e. The number of anilines is 3. The topological polar surface area (TPSA) is 130 Å². The molecule has 0 saturated heterocycles. The summed E-state index contributed by atoms with van der Waals surface area (Å²) in [5.41, 5.74) is 0.777. The van der Waals surface area contributed by atoms with Crippen LogP contribution in [0.15, 0.2) is 46.5 Å². The van der Waals surface area contributed by atoms with Gasteiger partial charge in [0.2, 0.25) is 0 Å². The number of benzene rings is 1. The molecule has 3 aromatic heterocycles. The van der Waals surface area contributed by atoms with Gasteiger partial charge in [0.15, 0.2) is 6.26 Å². The van der Waals surface area contributed by atoms with E-state index in [4.69, 9.17) is 44.0 Å². The molecule has 0 spiro atoms. The maximum Gasteiger partial charge on any atom is 0.300 e. The first-order valence-corrected chi connectivity index (χ1v) is 12.4. The van der Waals surface area contributed by atoms with Gasteiger partial charge in [-0.1, -0.05) is 34.8 Å². The van der Waals surface area contributed by atoms with Crippen molar-refractivity contribution in [3.05, 3.63) is 73.2 Å². The molecule has 192 valence electrons. The van der Waals surface area contributed by atoms with Crippen LogP contribution in [-0.2, 0) is 6.54 Å². The second kappa shape index (κ2) is 11.3. The largest absolute Gasteiger partial charge is 0.494 e. The molecule has 37 heavy (non-hydrogen) atoms. The standard InChI is InChI=1S/C23H18Cl3N5O5S/c1-31(23-29-17(32)9-36-23)8-11-10-37-20(18(11)26)22(34)30-19-14(5-13(25)6-15(19)35-2)21(33)28-16-4-3-12(24)7-27-16/h3-7,9-10,32H,8H2,1-2H3,(H,30,34)(H,27,28,33). The fourth-order valence-corrected chi connectivity index (χ4v) is 4.81. The number of nitrogens with zero attached hydrogens (tertiary/aromatic N) is 3. The van der Waals surface area contributed by atoms with Crippen molar-refractivity contribution in [3.8, 4) is 11.6 Å². The molecule has 10 nitrogen and oxygen atoms in total.